The molecule has 0 N–H and O–H groups in total. The highest BCUT2D eigenvalue weighted by molar-refractivity contribution is 7.09. The van der Waals surface area contributed by atoms with Gasteiger partial charge in [-0.3, -0.25) is 4.40 Å². The molecule has 0 spiro atoms. The molecule has 0 aliphatic rings. The Balaban J connectivity index is 2.29. The van der Waals surface area contributed by atoms with E-state index in [9.17, 15) is 0 Å². The highest BCUT2D eigenvalue weighted by atomic mass is 35.5. The fourth-order valence-corrected chi connectivity index (χ4v) is 1.84. The van der Waals surface area contributed by atoms with Crippen molar-refractivity contribution < 1.29 is 0 Å². The first kappa shape index (κ1) is 8.69. The number of aromatic nitrogens is 6. The van der Waals surface area contributed by atoms with Gasteiger partial charge in [-0.25, -0.2) is 4.98 Å². The summed E-state index contributed by atoms with van der Waals surface area (Å²) in [5, 5.41) is 12.1. The summed E-state index contributed by atoms with van der Waals surface area (Å²) in [4.78, 5) is 4.80. The van der Waals surface area contributed by atoms with Crippen LogP contribution in [0.15, 0.2) is 18.6 Å². The number of fused-ring (bicyclic) bond motifs is 1. The molecular weight excluding hydrogens is 236 g/mol. The van der Waals surface area contributed by atoms with Gasteiger partial charge in [0.15, 0.2) is 11.5 Å². The molecule has 6 nitrogen and oxygen atoms in total. The van der Waals surface area contributed by atoms with Crippen molar-refractivity contribution in [3.63, 3.8) is 0 Å². The van der Waals surface area contributed by atoms with Crippen molar-refractivity contribution in [3.8, 4) is 10.7 Å². The third-order valence-corrected chi connectivity index (χ3v) is 2.72. The normalized spacial score (nSPS) is 11.0. The predicted octanol–water partition coefficient (Wildman–Crippen LogP) is 1.30. The fourth-order valence-electron chi connectivity index (χ4n) is 1.21. The third kappa shape index (κ3) is 1.36. The molecule has 0 saturated carbocycles. The zero-order valence-electron chi connectivity index (χ0n) is 7.20. The predicted molar refractivity (Wildman–Crippen MR) is 54.7 cm³/mol. The van der Waals surface area contributed by atoms with E-state index in [1.165, 1.54) is 11.5 Å². The van der Waals surface area contributed by atoms with Gasteiger partial charge in [-0.15, -0.1) is 15.3 Å². The zero-order chi connectivity index (χ0) is 10.3. The van der Waals surface area contributed by atoms with E-state index in [-0.39, 0.29) is 0 Å². The van der Waals surface area contributed by atoms with E-state index in [1.54, 1.807) is 23.0 Å². The minimum atomic E-state index is 0.392. The third-order valence-electron chi connectivity index (χ3n) is 1.85. The number of rotatable bonds is 1. The molecule has 0 fully saturated rings. The van der Waals surface area contributed by atoms with E-state index >= 15 is 0 Å². The first-order valence-electron chi connectivity index (χ1n) is 3.98. The molecule has 3 aromatic rings. The molecule has 0 unspecified atom stereocenters. The van der Waals surface area contributed by atoms with Crippen LogP contribution in [-0.4, -0.2) is 29.2 Å². The quantitative estimate of drug-likeness (QED) is 0.598. The van der Waals surface area contributed by atoms with E-state index in [2.05, 4.69) is 24.8 Å². The van der Waals surface area contributed by atoms with Crippen LogP contribution in [0.1, 0.15) is 0 Å². The van der Waals surface area contributed by atoms with Crippen molar-refractivity contribution in [2.45, 2.75) is 0 Å². The zero-order valence-corrected chi connectivity index (χ0v) is 8.77. The molecule has 15 heavy (non-hydrogen) atoms. The van der Waals surface area contributed by atoms with Gasteiger partial charge in [-0.1, -0.05) is 16.1 Å². The molecule has 0 radical (unpaired) electrons. The van der Waals surface area contributed by atoms with Gasteiger partial charge >= 0.3 is 0 Å². The fraction of sp³-hybridized carbons (Fsp3) is 0. The number of hydrogen-bond acceptors (Lipinski definition) is 6. The molecular formula is C7H3ClN6S. The highest BCUT2D eigenvalue weighted by Crippen LogP contribution is 2.20. The van der Waals surface area contributed by atoms with Gasteiger partial charge < -0.3 is 0 Å². The molecule has 3 heterocycles. The van der Waals surface area contributed by atoms with Crippen molar-refractivity contribution >= 4 is 28.8 Å². The second-order valence-electron chi connectivity index (χ2n) is 2.75. The minimum absolute atomic E-state index is 0.392. The molecule has 0 aromatic carbocycles. The van der Waals surface area contributed by atoms with Crippen LogP contribution in [0, 0.1) is 0 Å². The highest BCUT2D eigenvalue weighted by Gasteiger charge is 2.10. The molecule has 3 aromatic heterocycles. The Labute approximate surface area is 92.7 Å². The van der Waals surface area contributed by atoms with Crippen molar-refractivity contribution in [2.24, 2.45) is 0 Å². The largest absolute Gasteiger partial charge is 0.264 e. The smallest absolute Gasteiger partial charge is 0.182 e. The molecule has 8 heteroatoms. The molecule has 0 aliphatic carbocycles. The molecule has 0 atom stereocenters. The molecule has 0 amide bonds. The summed E-state index contributed by atoms with van der Waals surface area (Å²) in [6, 6.07) is 1.65. The van der Waals surface area contributed by atoms with Crippen LogP contribution in [0.3, 0.4) is 0 Å². The van der Waals surface area contributed by atoms with Crippen LogP contribution in [0.4, 0.5) is 0 Å². The van der Waals surface area contributed by atoms with E-state index in [4.69, 9.17) is 11.6 Å². The average Bonchev–Trinajstić information content (AvgIpc) is 2.82. The lowest BCUT2D eigenvalue weighted by Gasteiger charge is -1.94. The van der Waals surface area contributed by atoms with Crippen LogP contribution in [0.5, 0.6) is 0 Å². The molecule has 3 rings (SSSR count). The van der Waals surface area contributed by atoms with Gasteiger partial charge in [0.1, 0.15) is 16.4 Å². The minimum Gasteiger partial charge on any atom is -0.264 e. The Kier molecular flexibility index (Phi) is 1.86. The SMILES string of the molecule is Clc1cc2nnc(-c3cnns3)n2cn1. The van der Waals surface area contributed by atoms with Gasteiger partial charge in [0, 0.05) is 6.07 Å². The Bertz CT molecular complexity index is 603. The van der Waals surface area contributed by atoms with Crippen LogP contribution in [0.25, 0.3) is 16.3 Å². The topological polar surface area (TPSA) is 68.9 Å². The Morgan fingerprint density at radius 2 is 2.27 bits per heavy atom. The molecule has 74 valence electrons. The standard InChI is InChI=1S/C7H3ClN6S/c8-5-1-6-11-12-7(14(6)3-9-5)4-2-10-13-15-4/h1-3H. The lowest BCUT2D eigenvalue weighted by Crippen LogP contribution is -1.89. The summed E-state index contributed by atoms with van der Waals surface area (Å²) in [6.45, 7) is 0. The molecule has 0 aliphatic heterocycles. The summed E-state index contributed by atoms with van der Waals surface area (Å²) < 4.78 is 5.50. The van der Waals surface area contributed by atoms with E-state index < -0.39 is 0 Å². The lowest BCUT2D eigenvalue weighted by atomic mass is 10.5. The maximum absolute atomic E-state index is 5.74. The Morgan fingerprint density at radius 3 is 3.07 bits per heavy atom. The summed E-state index contributed by atoms with van der Waals surface area (Å²) in [5.41, 5.74) is 0.651. The first-order chi connectivity index (χ1) is 7.34. The number of halogens is 1. The maximum Gasteiger partial charge on any atom is 0.182 e. The molecule has 0 saturated heterocycles. The Morgan fingerprint density at radius 1 is 1.33 bits per heavy atom. The summed E-state index contributed by atoms with van der Waals surface area (Å²) in [6.07, 6.45) is 3.21. The van der Waals surface area contributed by atoms with Crippen LogP contribution in [0.2, 0.25) is 5.15 Å². The summed E-state index contributed by atoms with van der Waals surface area (Å²) in [7, 11) is 0. The van der Waals surface area contributed by atoms with Gasteiger partial charge in [-0.2, -0.15) is 0 Å². The van der Waals surface area contributed by atoms with Gasteiger partial charge in [0.2, 0.25) is 0 Å². The summed E-state index contributed by atoms with van der Waals surface area (Å²) >= 11 is 6.99. The lowest BCUT2D eigenvalue weighted by molar-refractivity contribution is 1.08. The first-order valence-corrected chi connectivity index (χ1v) is 5.14. The van der Waals surface area contributed by atoms with Crippen LogP contribution < -0.4 is 0 Å². The second-order valence-corrected chi connectivity index (χ2v) is 3.92. The summed E-state index contributed by atoms with van der Waals surface area (Å²) in [5.74, 6) is 0.671. The number of nitrogens with zero attached hydrogens (tertiary/aromatic N) is 6. The second kappa shape index (κ2) is 3.21. The monoisotopic (exact) mass is 238 g/mol. The molecule has 0 bridgehead atoms. The van der Waals surface area contributed by atoms with Crippen LogP contribution in [-0.2, 0) is 0 Å². The van der Waals surface area contributed by atoms with Gasteiger partial charge in [0.25, 0.3) is 0 Å². The van der Waals surface area contributed by atoms with E-state index in [0.29, 0.717) is 16.6 Å². The van der Waals surface area contributed by atoms with E-state index in [0.717, 1.165) is 4.88 Å². The van der Waals surface area contributed by atoms with Crippen molar-refractivity contribution in [1.29, 1.82) is 0 Å². The van der Waals surface area contributed by atoms with Crippen LogP contribution >= 0.6 is 23.1 Å². The van der Waals surface area contributed by atoms with Crippen molar-refractivity contribution in [2.75, 3.05) is 0 Å². The van der Waals surface area contributed by atoms with Crippen molar-refractivity contribution in [3.05, 3.63) is 23.7 Å². The van der Waals surface area contributed by atoms with Gasteiger partial charge in [-0.05, 0) is 11.5 Å². The Hall–Kier alpha value is -1.60. The van der Waals surface area contributed by atoms with E-state index in [1.807, 2.05) is 0 Å². The average molecular weight is 239 g/mol. The van der Waals surface area contributed by atoms with Gasteiger partial charge in [0.05, 0.1) is 6.20 Å². The van der Waals surface area contributed by atoms with Crippen molar-refractivity contribution in [1.82, 2.24) is 29.2 Å². The maximum atomic E-state index is 5.74. The number of hydrogen-bond donors (Lipinski definition) is 0.